The molecule has 1 heteroatoms. The molecule has 0 aromatic carbocycles. The lowest BCUT2D eigenvalue weighted by molar-refractivity contribution is 0.271. The van der Waals surface area contributed by atoms with Crippen molar-refractivity contribution in [3.05, 3.63) is 11.6 Å². The highest BCUT2D eigenvalue weighted by Crippen LogP contribution is 2.60. The third kappa shape index (κ3) is 1.71. The SMILES string of the molecule is CC(C)=CC1C(CCO)C1(C)C. The second-order valence-electron chi connectivity index (χ2n) is 4.71. The van der Waals surface area contributed by atoms with Crippen LogP contribution in [0.3, 0.4) is 0 Å². The Morgan fingerprint density at radius 3 is 2.42 bits per heavy atom. The van der Waals surface area contributed by atoms with E-state index in [1.165, 1.54) is 5.57 Å². The Balaban J connectivity index is 2.54. The maximum absolute atomic E-state index is 8.84. The minimum absolute atomic E-state index is 0.335. The molecule has 0 saturated heterocycles. The van der Waals surface area contributed by atoms with Crippen LogP contribution in [-0.2, 0) is 0 Å². The summed E-state index contributed by atoms with van der Waals surface area (Å²) in [5.41, 5.74) is 1.83. The van der Waals surface area contributed by atoms with Crippen molar-refractivity contribution in [3.8, 4) is 0 Å². The molecule has 1 fully saturated rings. The summed E-state index contributed by atoms with van der Waals surface area (Å²) in [6.07, 6.45) is 3.31. The van der Waals surface area contributed by atoms with Gasteiger partial charge in [-0.1, -0.05) is 25.5 Å². The zero-order chi connectivity index (χ0) is 9.35. The first-order valence-electron chi connectivity index (χ1n) is 4.76. The lowest BCUT2D eigenvalue weighted by Gasteiger charge is -1.98. The van der Waals surface area contributed by atoms with Gasteiger partial charge in [0.2, 0.25) is 0 Å². The summed E-state index contributed by atoms with van der Waals surface area (Å²) in [4.78, 5) is 0. The van der Waals surface area contributed by atoms with Crippen LogP contribution in [-0.4, -0.2) is 11.7 Å². The van der Waals surface area contributed by atoms with Crippen LogP contribution in [0.2, 0.25) is 0 Å². The summed E-state index contributed by atoms with van der Waals surface area (Å²) in [6.45, 7) is 9.20. The molecule has 1 N–H and O–H groups in total. The zero-order valence-electron chi connectivity index (χ0n) is 8.59. The van der Waals surface area contributed by atoms with Crippen molar-refractivity contribution in [1.29, 1.82) is 0 Å². The Morgan fingerprint density at radius 1 is 1.42 bits per heavy atom. The Kier molecular flexibility index (Phi) is 2.62. The molecule has 0 amide bonds. The molecule has 2 unspecified atom stereocenters. The topological polar surface area (TPSA) is 20.2 Å². The molecule has 1 saturated carbocycles. The fraction of sp³-hybridized carbons (Fsp3) is 0.818. The Bertz CT molecular complexity index is 187. The van der Waals surface area contributed by atoms with E-state index in [-0.39, 0.29) is 0 Å². The second kappa shape index (κ2) is 3.21. The average molecular weight is 168 g/mol. The fourth-order valence-electron chi connectivity index (χ4n) is 2.17. The second-order valence-corrected chi connectivity index (χ2v) is 4.71. The van der Waals surface area contributed by atoms with E-state index in [9.17, 15) is 0 Å². The molecule has 0 bridgehead atoms. The first-order chi connectivity index (χ1) is 5.50. The molecule has 0 spiro atoms. The molecule has 12 heavy (non-hydrogen) atoms. The van der Waals surface area contributed by atoms with Gasteiger partial charge in [0.15, 0.2) is 0 Å². The number of hydrogen-bond donors (Lipinski definition) is 1. The van der Waals surface area contributed by atoms with Crippen molar-refractivity contribution in [1.82, 2.24) is 0 Å². The van der Waals surface area contributed by atoms with Gasteiger partial charge < -0.3 is 5.11 Å². The van der Waals surface area contributed by atoms with Crippen molar-refractivity contribution in [3.63, 3.8) is 0 Å². The quantitative estimate of drug-likeness (QED) is 0.642. The van der Waals surface area contributed by atoms with Crippen LogP contribution in [0.15, 0.2) is 11.6 Å². The number of rotatable bonds is 3. The molecule has 70 valence electrons. The molecule has 1 aliphatic rings. The molecular weight excluding hydrogens is 148 g/mol. The van der Waals surface area contributed by atoms with Gasteiger partial charge in [0.25, 0.3) is 0 Å². The Hall–Kier alpha value is -0.300. The highest BCUT2D eigenvalue weighted by Gasteiger charge is 2.55. The van der Waals surface area contributed by atoms with Crippen LogP contribution >= 0.6 is 0 Å². The summed E-state index contributed by atoms with van der Waals surface area (Å²) in [5, 5.41) is 8.84. The van der Waals surface area contributed by atoms with Gasteiger partial charge in [-0.05, 0) is 37.5 Å². The van der Waals surface area contributed by atoms with Gasteiger partial charge in [0.1, 0.15) is 0 Å². The van der Waals surface area contributed by atoms with Crippen molar-refractivity contribution < 1.29 is 5.11 Å². The minimum atomic E-state index is 0.335. The van der Waals surface area contributed by atoms with E-state index in [4.69, 9.17) is 5.11 Å². The first kappa shape index (κ1) is 9.79. The molecule has 0 radical (unpaired) electrons. The number of hydrogen-bond acceptors (Lipinski definition) is 1. The largest absolute Gasteiger partial charge is 0.396 e. The van der Waals surface area contributed by atoms with Crippen LogP contribution < -0.4 is 0 Å². The van der Waals surface area contributed by atoms with E-state index >= 15 is 0 Å². The van der Waals surface area contributed by atoms with Crippen LogP contribution in [0.25, 0.3) is 0 Å². The summed E-state index contributed by atoms with van der Waals surface area (Å²) in [6, 6.07) is 0. The maximum Gasteiger partial charge on any atom is 0.0434 e. The average Bonchev–Trinajstić information content (AvgIpc) is 2.39. The standard InChI is InChI=1S/C11H20O/c1-8(2)7-10-9(5-6-12)11(10,3)4/h7,9-10,12H,5-6H2,1-4H3. The lowest BCUT2D eigenvalue weighted by Crippen LogP contribution is -1.92. The Labute approximate surface area is 75.5 Å². The van der Waals surface area contributed by atoms with Crippen LogP contribution in [0, 0.1) is 17.3 Å². The molecule has 0 aromatic heterocycles. The van der Waals surface area contributed by atoms with Gasteiger partial charge in [-0.3, -0.25) is 0 Å². The predicted octanol–water partition coefficient (Wildman–Crippen LogP) is 2.61. The van der Waals surface area contributed by atoms with E-state index in [0.29, 0.717) is 23.9 Å². The van der Waals surface area contributed by atoms with Gasteiger partial charge in [-0.15, -0.1) is 0 Å². The van der Waals surface area contributed by atoms with E-state index in [0.717, 1.165) is 6.42 Å². The molecule has 1 nitrogen and oxygen atoms in total. The summed E-state index contributed by atoms with van der Waals surface area (Å²) >= 11 is 0. The molecular formula is C11H20O. The maximum atomic E-state index is 8.84. The van der Waals surface area contributed by atoms with Crippen molar-refractivity contribution in [2.75, 3.05) is 6.61 Å². The third-order valence-electron chi connectivity index (χ3n) is 3.09. The molecule has 2 atom stereocenters. The number of allylic oxidation sites excluding steroid dienone is 2. The van der Waals surface area contributed by atoms with E-state index in [2.05, 4.69) is 33.8 Å². The van der Waals surface area contributed by atoms with Gasteiger partial charge in [0, 0.05) is 6.61 Å². The van der Waals surface area contributed by atoms with Crippen molar-refractivity contribution in [2.24, 2.45) is 17.3 Å². The number of aliphatic hydroxyl groups excluding tert-OH is 1. The Morgan fingerprint density at radius 2 is 2.00 bits per heavy atom. The van der Waals surface area contributed by atoms with Crippen LogP contribution in [0.1, 0.15) is 34.1 Å². The monoisotopic (exact) mass is 168 g/mol. The first-order valence-corrected chi connectivity index (χ1v) is 4.76. The molecule has 0 heterocycles. The van der Waals surface area contributed by atoms with Gasteiger partial charge in [-0.2, -0.15) is 0 Å². The minimum Gasteiger partial charge on any atom is -0.396 e. The zero-order valence-corrected chi connectivity index (χ0v) is 8.59. The van der Waals surface area contributed by atoms with Crippen molar-refractivity contribution >= 4 is 0 Å². The number of aliphatic hydroxyl groups is 1. The smallest absolute Gasteiger partial charge is 0.0434 e. The highest BCUT2D eigenvalue weighted by molar-refractivity contribution is 5.16. The highest BCUT2D eigenvalue weighted by atomic mass is 16.3. The van der Waals surface area contributed by atoms with Gasteiger partial charge >= 0.3 is 0 Å². The summed E-state index contributed by atoms with van der Waals surface area (Å²) in [7, 11) is 0. The molecule has 0 aromatic rings. The molecule has 0 aliphatic heterocycles. The van der Waals surface area contributed by atoms with Crippen LogP contribution in [0.4, 0.5) is 0 Å². The molecule has 1 rings (SSSR count). The van der Waals surface area contributed by atoms with E-state index in [1.54, 1.807) is 0 Å². The summed E-state index contributed by atoms with van der Waals surface area (Å²) < 4.78 is 0. The van der Waals surface area contributed by atoms with Gasteiger partial charge in [-0.25, -0.2) is 0 Å². The lowest BCUT2D eigenvalue weighted by atomic mass is 10.1. The van der Waals surface area contributed by atoms with Crippen LogP contribution in [0.5, 0.6) is 0 Å². The fourth-order valence-corrected chi connectivity index (χ4v) is 2.17. The van der Waals surface area contributed by atoms with Crippen molar-refractivity contribution in [2.45, 2.75) is 34.1 Å². The van der Waals surface area contributed by atoms with E-state index < -0.39 is 0 Å². The summed E-state index contributed by atoms with van der Waals surface area (Å²) in [5.74, 6) is 1.41. The predicted molar refractivity (Wildman–Crippen MR) is 51.9 cm³/mol. The third-order valence-corrected chi connectivity index (χ3v) is 3.09. The van der Waals surface area contributed by atoms with Gasteiger partial charge in [0.05, 0.1) is 0 Å². The normalized spacial score (nSPS) is 31.4. The van der Waals surface area contributed by atoms with E-state index in [1.807, 2.05) is 0 Å². The molecule has 1 aliphatic carbocycles.